The Morgan fingerprint density at radius 3 is 2.48 bits per heavy atom. The van der Waals surface area contributed by atoms with E-state index < -0.39 is 17.7 Å². The summed E-state index contributed by atoms with van der Waals surface area (Å²) in [4.78, 5) is 25.3. The summed E-state index contributed by atoms with van der Waals surface area (Å²) in [5.74, 6) is -1.48. The van der Waals surface area contributed by atoms with Crippen LogP contribution in [0.5, 0.6) is 5.75 Å². The molecule has 0 N–H and O–H groups in total. The molecule has 0 unspecified atom stereocenters. The van der Waals surface area contributed by atoms with Crippen LogP contribution in [0.25, 0.3) is 0 Å². The van der Waals surface area contributed by atoms with E-state index in [4.69, 9.17) is 9.47 Å². The molecule has 0 atom stereocenters. The molecule has 0 saturated carbocycles. The van der Waals surface area contributed by atoms with Crippen LogP contribution in [0.3, 0.4) is 0 Å². The maximum atomic E-state index is 13.7. The summed E-state index contributed by atoms with van der Waals surface area (Å²) in [5.41, 5.74) is 0.159. The lowest BCUT2D eigenvalue weighted by molar-refractivity contribution is -0.144. The molecule has 1 rings (SSSR count). The minimum absolute atomic E-state index is 0.0630. The molecule has 6 heteroatoms. The van der Waals surface area contributed by atoms with Crippen molar-refractivity contribution in [3.05, 3.63) is 29.6 Å². The van der Waals surface area contributed by atoms with E-state index in [2.05, 4.69) is 0 Å². The first-order chi connectivity index (χ1) is 9.90. The van der Waals surface area contributed by atoms with Gasteiger partial charge in [0.15, 0.2) is 11.6 Å². The van der Waals surface area contributed by atoms with Gasteiger partial charge in [-0.2, -0.15) is 0 Å². The van der Waals surface area contributed by atoms with Crippen LogP contribution in [0, 0.1) is 5.82 Å². The Morgan fingerprint density at radius 1 is 1.33 bits per heavy atom. The van der Waals surface area contributed by atoms with Crippen LogP contribution in [0.15, 0.2) is 18.2 Å². The first-order valence-electron chi connectivity index (χ1n) is 6.70. The third-order valence-corrected chi connectivity index (χ3v) is 2.89. The number of amides is 1. The third kappa shape index (κ3) is 4.44. The fraction of sp³-hybridized carbons (Fsp3) is 0.467. The largest absolute Gasteiger partial charge is 0.494 e. The van der Waals surface area contributed by atoms with Crippen molar-refractivity contribution in [1.82, 2.24) is 4.90 Å². The molecule has 0 saturated heterocycles. The Morgan fingerprint density at radius 2 is 2.00 bits per heavy atom. The predicted molar refractivity (Wildman–Crippen MR) is 75.8 cm³/mol. The van der Waals surface area contributed by atoms with Gasteiger partial charge < -0.3 is 14.4 Å². The lowest BCUT2D eigenvalue weighted by Crippen LogP contribution is -2.41. The number of carbonyl (C=O) groups is 2. The summed E-state index contributed by atoms with van der Waals surface area (Å²) >= 11 is 0. The van der Waals surface area contributed by atoms with Crippen molar-refractivity contribution in [2.75, 3.05) is 20.3 Å². The van der Waals surface area contributed by atoms with Gasteiger partial charge in [0.25, 0.3) is 5.91 Å². The van der Waals surface area contributed by atoms with Crippen molar-refractivity contribution >= 4 is 11.9 Å². The molecule has 0 aliphatic rings. The van der Waals surface area contributed by atoms with Gasteiger partial charge in [-0.05, 0) is 39.0 Å². The molecule has 21 heavy (non-hydrogen) atoms. The van der Waals surface area contributed by atoms with Crippen molar-refractivity contribution in [3.63, 3.8) is 0 Å². The number of benzene rings is 1. The van der Waals surface area contributed by atoms with E-state index in [1.807, 2.05) is 0 Å². The molecule has 0 aromatic heterocycles. The Bertz CT molecular complexity index is 516. The number of carbonyl (C=O) groups excluding carboxylic acids is 2. The van der Waals surface area contributed by atoms with Gasteiger partial charge in [0.1, 0.15) is 6.54 Å². The van der Waals surface area contributed by atoms with E-state index in [0.717, 1.165) is 6.07 Å². The second kappa shape index (κ2) is 7.61. The molecule has 1 amide bonds. The number of halogens is 1. The maximum absolute atomic E-state index is 13.7. The SMILES string of the molecule is CCOC(=O)CN(C(=O)c1ccc(OC)c(F)c1)C(C)C. The Balaban J connectivity index is 2.95. The molecule has 116 valence electrons. The van der Waals surface area contributed by atoms with Crippen molar-refractivity contribution in [2.45, 2.75) is 26.8 Å². The molecule has 5 nitrogen and oxygen atoms in total. The first-order valence-corrected chi connectivity index (χ1v) is 6.70. The Kier molecular flexibility index (Phi) is 6.14. The topological polar surface area (TPSA) is 55.8 Å². The Labute approximate surface area is 123 Å². The van der Waals surface area contributed by atoms with E-state index in [9.17, 15) is 14.0 Å². The van der Waals surface area contributed by atoms with Gasteiger partial charge in [0, 0.05) is 11.6 Å². The molecule has 1 aromatic carbocycles. The van der Waals surface area contributed by atoms with E-state index in [0.29, 0.717) is 0 Å². The summed E-state index contributed by atoms with van der Waals surface area (Å²) in [6, 6.07) is 3.73. The minimum Gasteiger partial charge on any atom is -0.494 e. The van der Waals surface area contributed by atoms with E-state index in [1.165, 1.54) is 24.1 Å². The predicted octanol–water partition coefficient (Wildman–Crippen LogP) is 2.25. The van der Waals surface area contributed by atoms with E-state index >= 15 is 0 Å². The maximum Gasteiger partial charge on any atom is 0.325 e. The van der Waals surface area contributed by atoms with Gasteiger partial charge in [-0.25, -0.2) is 4.39 Å². The van der Waals surface area contributed by atoms with Crippen LogP contribution >= 0.6 is 0 Å². The number of hydrogen-bond donors (Lipinski definition) is 0. The third-order valence-electron chi connectivity index (χ3n) is 2.89. The van der Waals surface area contributed by atoms with E-state index in [1.54, 1.807) is 20.8 Å². The lowest BCUT2D eigenvalue weighted by atomic mass is 10.1. The molecule has 0 radical (unpaired) electrons. The molecule has 0 spiro atoms. The van der Waals surface area contributed by atoms with Crippen molar-refractivity contribution in [3.8, 4) is 5.75 Å². The van der Waals surface area contributed by atoms with Crippen LogP contribution in [0.4, 0.5) is 4.39 Å². The number of esters is 1. The first kappa shape index (κ1) is 16.9. The number of ether oxygens (including phenoxy) is 2. The molecule has 0 aliphatic carbocycles. The summed E-state index contributed by atoms with van der Waals surface area (Å²) in [5, 5.41) is 0. The highest BCUT2D eigenvalue weighted by molar-refractivity contribution is 5.96. The second-order valence-electron chi connectivity index (χ2n) is 4.68. The zero-order valence-electron chi connectivity index (χ0n) is 12.7. The van der Waals surface area contributed by atoms with Crippen LogP contribution in [-0.4, -0.2) is 43.1 Å². The standard InChI is InChI=1S/C15H20FNO4/c1-5-21-14(18)9-17(10(2)3)15(19)11-6-7-13(20-4)12(16)8-11/h6-8,10H,5,9H2,1-4H3. The van der Waals surface area contributed by atoms with Gasteiger partial charge in [0.2, 0.25) is 0 Å². The van der Waals surface area contributed by atoms with Crippen LogP contribution in [-0.2, 0) is 9.53 Å². The fourth-order valence-corrected chi connectivity index (χ4v) is 1.80. The summed E-state index contributed by atoms with van der Waals surface area (Å²) < 4.78 is 23.3. The quantitative estimate of drug-likeness (QED) is 0.756. The zero-order chi connectivity index (χ0) is 16.0. The molecule has 0 bridgehead atoms. The van der Waals surface area contributed by atoms with Crippen molar-refractivity contribution < 1.29 is 23.5 Å². The highest BCUT2D eigenvalue weighted by atomic mass is 19.1. The number of rotatable bonds is 6. The minimum atomic E-state index is -0.622. The lowest BCUT2D eigenvalue weighted by Gasteiger charge is -2.25. The Hall–Kier alpha value is -2.11. The van der Waals surface area contributed by atoms with E-state index in [-0.39, 0.29) is 30.5 Å². The average molecular weight is 297 g/mol. The fourth-order valence-electron chi connectivity index (χ4n) is 1.80. The normalized spacial score (nSPS) is 10.4. The molecule has 1 aromatic rings. The second-order valence-corrected chi connectivity index (χ2v) is 4.68. The highest BCUT2D eigenvalue weighted by Crippen LogP contribution is 2.19. The number of methoxy groups -OCH3 is 1. The molecule has 0 aliphatic heterocycles. The van der Waals surface area contributed by atoms with Crippen molar-refractivity contribution in [2.24, 2.45) is 0 Å². The summed E-state index contributed by atoms with van der Waals surface area (Å²) in [7, 11) is 1.35. The average Bonchev–Trinajstić information content (AvgIpc) is 2.44. The van der Waals surface area contributed by atoms with Gasteiger partial charge >= 0.3 is 5.97 Å². The molecular formula is C15H20FNO4. The van der Waals surface area contributed by atoms with Gasteiger partial charge in [-0.15, -0.1) is 0 Å². The molecule has 0 fully saturated rings. The van der Waals surface area contributed by atoms with Gasteiger partial charge in [0.05, 0.1) is 13.7 Å². The van der Waals surface area contributed by atoms with Gasteiger partial charge in [-0.1, -0.05) is 0 Å². The highest BCUT2D eigenvalue weighted by Gasteiger charge is 2.23. The van der Waals surface area contributed by atoms with Crippen molar-refractivity contribution in [1.29, 1.82) is 0 Å². The zero-order valence-corrected chi connectivity index (χ0v) is 12.7. The molecule has 0 heterocycles. The number of nitrogens with zero attached hydrogens (tertiary/aromatic N) is 1. The summed E-state index contributed by atoms with van der Waals surface area (Å²) in [6.07, 6.45) is 0. The van der Waals surface area contributed by atoms with Crippen LogP contribution < -0.4 is 4.74 Å². The summed E-state index contributed by atoms with van der Waals surface area (Å²) in [6.45, 7) is 5.32. The van der Waals surface area contributed by atoms with Crippen LogP contribution in [0.2, 0.25) is 0 Å². The molecular weight excluding hydrogens is 277 g/mol. The monoisotopic (exact) mass is 297 g/mol. The smallest absolute Gasteiger partial charge is 0.325 e. The number of hydrogen-bond acceptors (Lipinski definition) is 4. The van der Waals surface area contributed by atoms with Crippen LogP contribution in [0.1, 0.15) is 31.1 Å². The van der Waals surface area contributed by atoms with Gasteiger partial charge in [-0.3, -0.25) is 9.59 Å².